The van der Waals surface area contributed by atoms with Gasteiger partial charge in [0, 0.05) is 30.1 Å². The van der Waals surface area contributed by atoms with E-state index < -0.39 is 28.5 Å². The second-order valence-corrected chi connectivity index (χ2v) is 13.0. The van der Waals surface area contributed by atoms with Crippen molar-refractivity contribution in [3.8, 4) is 11.5 Å². The van der Waals surface area contributed by atoms with Crippen LogP contribution in [0.5, 0.6) is 11.5 Å². The first-order chi connectivity index (χ1) is 20.6. The van der Waals surface area contributed by atoms with Crippen LogP contribution in [-0.4, -0.2) is 62.7 Å². The lowest BCUT2D eigenvalue weighted by atomic mass is 10.0. The smallest absolute Gasteiger partial charge is 0.244 e. The average Bonchev–Trinajstić information content (AvgIpc) is 3.02. The largest absolute Gasteiger partial charge is 0.486 e. The van der Waals surface area contributed by atoms with Crippen molar-refractivity contribution in [2.75, 3.05) is 29.8 Å². The van der Waals surface area contributed by atoms with E-state index in [1.54, 1.807) is 42.5 Å². The molecule has 0 saturated heterocycles. The Morgan fingerprint density at radius 1 is 0.953 bits per heavy atom. The Balaban J connectivity index is 1.76. The van der Waals surface area contributed by atoms with Crippen LogP contribution >= 0.6 is 11.6 Å². The molecule has 0 radical (unpaired) electrons. The van der Waals surface area contributed by atoms with Gasteiger partial charge in [0.1, 0.15) is 25.8 Å². The second kappa shape index (κ2) is 14.6. The molecule has 230 valence electrons. The van der Waals surface area contributed by atoms with Gasteiger partial charge in [-0.1, -0.05) is 67.1 Å². The van der Waals surface area contributed by atoms with Crippen LogP contribution in [0.15, 0.2) is 72.8 Å². The summed E-state index contributed by atoms with van der Waals surface area (Å²) < 4.78 is 39.1. The molecule has 2 amide bonds. The van der Waals surface area contributed by atoms with Gasteiger partial charge < -0.3 is 19.7 Å². The number of ether oxygens (including phenoxy) is 2. The first-order valence-electron chi connectivity index (χ1n) is 14.4. The molecule has 0 spiro atoms. The summed E-state index contributed by atoms with van der Waals surface area (Å²) in [6.45, 7) is 5.57. The highest BCUT2D eigenvalue weighted by molar-refractivity contribution is 7.92. The molecular weight excluding hydrogens is 590 g/mol. The Bertz CT molecular complexity index is 1520. The molecule has 0 saturated carbocycles. The second-order valence-electron chi connectivity index (χ2n) is 10.4. The lowest BCUT2D eigenvalue weighted by Crippen LogP contribution is -2.54. The van der Waals surface area contributed by atoms with E-state index in [-0.39, 0.29) is 36.4 Å². The standard InChI is InChI=1S/C32H38ClN3O6S/c1-4-23(3)34-32(38)28(19-24-11-7-6-8-12-24)35(21-25-13-9-10-14-27(25)33)31(37)22-36(43(39,40)5-2)26-15-16-29-30(20-26)42-18-17-41-29/h6-16,20,23,28H,4-5,17-19,21-22H2,1-3H3,(H,34,38)/t23-,28-/m0/s1. The number of nitrogens with one attached hydrogen (secondary N) is 1. The predicted molar refractivity (Wildman–Crippen MR) is 168 cm³/mol. The van der Waals surface area contributed by atoms with Crippen molar-refractivity contribution in [1.82, 2.24) is 10.2 Å². The number of amides is 2. The molecule has 0 unspecified atom stereocenters. The highest BCUT2D eigenvalue weighted by Crippen LogP contribution is 2.35. The van der Waals surface area contributed by atoms with Gasteiger partial charge in [-0.2, -0.15) is 0 Å². The third-order valence-corrected chi connectivity index (χ3v) is 9.47. The summed E-state index contributed by atoms with van der Waals surface area (Å²) in [4.78, 5) is 29.6. The topological polar surface area (TPSA) is 105 Å². The van der Waals surface area contributed by atoms with Gasteiger partial charge in [0.15, 0.2) is 11.5 Å². The van der Waals surface area contributed by atoms with Gasteiger partial charge in [0.2, 0.25) is 21.8 Å². The number of halogens is 1. The highest BCUT2D eigenvalue weighted by atomic mass is 35.5. The van der Waals surface area contributed by atoms with Gasteiger partial charge >= 0.3 is 0 Å². The summed E-state index contributed by atoms with van der Waals surface area (Å²) in [5.41, 5.74) is 1.76. The van der Waals surface area contributed by atoms with E-state index in [0.29, 0.717) is 41.7 Å². The number of carbonyl (C=O) groups excluding carboxylic acids is 2. The Labute approximate surface area is 258 Å². The van der Waals surface area contributed by atoms with Crippen molar-refractivity contribution in [3.05, 3.63) is 88.9 Å². The summed E-state index contributed by atoms with van der Waals surface area (Å²) in [6.07, 6.45) is 0.929. The Hall–Kier alpha value is -3.76. The SMILES string of the molecule is CC[C@H](C)NC(=O)[C@H](Cc1ccccc1)N(Cc1ccccc1Cl)C(=O)CN(c1ccc2c(c1)OCCO2)S(=O)(=O)CC. The van der Waals surface area contributed by atoms with Crippen molar-refractivity contribution < 1.29 is 27.5 Å². The van der Waals surface area contributed by atoms with Crippen molar-refractivity contribution in [1.29, 1.82) is 0 Å². The molecule has 0 aromatic heterocycles. The van der Waals surface area contributed by atoms with Crippen LogP contribution in [0.2, 0.25) is 5.02 Å². The third kappa shape index (κ3) is 8.20. The summed E-state index contributed by atoms with van der Waals surface area (Å²) in [7, 11) is -3.91. The summed E-state index contributed by atoms with van der Waals surface area (Å²) in [5.74, 6) is -0.216. The van der Waals surface area contributed by atoms with Gasteiger partial charge in [0.25, 0.3) is 0 Å². The minimum absolute atomic E-state index is 0.00504. The molecule has 1 aliphatic rings. The molecule has 9 nitrogen and oxygen atoms in total. The third-order valence-electron chi connectivity index (χ3n) is 7.36. The Morgan fingerprint density at radius 2 is 1.63 bits per heavy atom. The molecule has 43 heavy (non-hydrogen) atoms. The summed E-state index contributed by atoms with van der Waals surface area (Å²) in [6, 6.07) is 20.2. The van der Waals surface area contributed by atoms with Crippen LogP contribution in [0.25, 0.3) is 0 Å². The number of anilines is 1. The van der Waals surface area contributed by atoms with E-state index in [4.69, 9.17) is 21.1 Å². The molecular formula is C32H38ClN3O6S. The lowest BCUT2D eigenvalue weighted by Gasteiger charge is -2.34. The first kappa shape index (κ1) is 32.2. The number of hydrogen-bond acceptors (Lipinski definition) is 6. The summed E-state index contributed by atoms with van der Waals surface area (Å²) in [5, 5.41) is 3.45. The van der Waals surface area contributed by atoms with E-state index in [1.165, 1.54) is 11.8 Å². The molecule has 0 fully saturated rings. The molecule has 2 atom stereocenters. The lowest BCUT2D eigenvalue weighted by molar-refractivity contribution is -0.140. The number of fused-ring (bicyclic) bond motifs is 1. The zero-order chi connectivity index (χ0) is 31.0. The minimum Gasteiger partial charge on any atom is -0.486 e. The number of hydrogen-bond donors (Lipinski definition) is 1. The number of nitrogens with zero attached hydrogens (tertiary/aromatic N) is 2. The molecule has 1 N–H and O–H groups in total. The number of sulfonamides is 1. The van der Waals surface area contributed by atoms with E-state index in [0.717, 1.165) is 9.87 Å². The van der Waals surface area contributed by atoms with Crippen LogP contribution in [-0.2, 0) is 32.6 Å². The van der Waals surface area contributed by atoms with Crippen molar-refractivity contribution in [2.24, 2.45) is 0 Å². The fraction of sp³-hybridized carbons (Fsp3) is 0.375. The first-order valence-corrected chi connectivity index (χ1v) is 16.4. The maximum atomic E-state index is 14.3. The number of benzene rings is 3. The average molecular weight is 628 g/mol. The van der Waals surface area contributed by atoms with Crippen LogP contribution < -0.4 is 19.1 Å². The number of rotatable bonds is 13. The maximum absolute atomic E-state index is 14.3. The van der Waals surface area contributed by atoms with E-state index in [2.05, 4.69) is 5.32 Å². The minimum atomic E-state index is -3.91. The Morgan fingerprint density at radius 3 is 2.30 bits per heavy atom. The molecule has 11 heteroatoms. The normalized spacial score (nSPS) is 14.0. The number of carbonyl (C=O) groups is 2. The van der Waals surface area contributed by atoms with Crippen LogP contribution in [0.1, 0.15) is 38.3 Å². The van der Waals surface area contributed by atoms with Crippen LogP contribution in [0.4, 0.5) is 5.69 Å². The fourth-order valence-electron chi connectivity index (χ4n) is 4.71. The monoisotopic (exact) mass is 627 g/mol. The molecule has 0 aliphatic carbocycles. The van der Waals surface area contributed by atoms with Gasteiger partial charge in [0.05, 0.1) is 11.4 Å². The zero-order valence-electron chi connectivity index (χ0n) is 24.7. The molecule has 3 aromatic rings. The molecule has 3 aromatic carbocycles. The molecule has 0 bridgehead atoms. The van der Waals surface area contributed by atoms with E-state index in [1.807, 2.05) is 44.2 Å². The van der Waals surface area contributed by atoms with Crippen molar-refractivity contribution in [3.63, 3.8) is 0 Å². The fourth-order valence-corrected chi connectivity index (χ4v) is 5.96. The van der Waals surface area contributed by atoms with E-state index in [9.17, 15) is 18.0 Å². The maximum Gasteiger partial charge on any atom is 0.244 e. The van der Waals surface area contributed by atoms with Crippen LogP contribution in [0.3, 0.4) is 0 Å². The molecule has 1 aliphatic heterocycles. The molecule has 1 heterocycles. The highest BCUT2D eigenvalue weighted by Gasteiger charge is 2.34. The van der Waals surface area contributed by atoms with Gasteiger partial charge in [-0.3, -0.25) is 13.9 Å². The molecule has 4 rings (SSSR count). The van der Waals surface area contributed by atoms with Gasteiger partial charge in [-0.25, -0.2) is 8.42 Å². The van der Waals surface area contributed by atoms with Gasteiger partial charge in [-0.05, 0) is 49.6 Å². The summed E-state index contributed by atoms with van der Waals surface area (Å²) >= 11 is 6.52. The van der Waals surface area contributed by atoms with E-state index >= 15 is 0 Å². The Kier molecular flexibility index (Phi) is 10.9. The van der Waals surface area contributed by atoms with Crippen molar-refractivity contribution in [2.45, 2.75) is 52.2 Å². The zero-order valence-corrected chi connectivity index (χ0v) is 26.2. The van der Waals surface area contributed by atoms with Crippen LogP contribution in [0, 0.1) is 0 Å². The predicted octanol–water partition coefficient (Wildman–Crippen LogP) is 4.82. The quantitative estimate of drug-likeness (QED) is 0.291. The van der Waals surface area contributed by atoms with Gasteiger partial charge in [-0.15, -0.1) is 0 Å². The van der Waals surface area contributed by atoms with Crippen molar-refractivity contribution >= 4 is 39.1 Å².